The molecule has 0 saturated carbocycles. The first-order valence-electron chi connectivity index (χ1n) is 8.61. The molecular formula is C20H17N3O6. The number of benzene rings is 3. The maximum atomic E-state index is 12.6. The number of fused-ring (bicyclic) bond motifs is 1. The van der Waals surface area contributed by atoms with E-state index in [1.807, 2.05) is 36.4 Å². The van der Waals surface area contributed by atoms with Crippen LogP contribution in [-0.2, 0) is 4.79 Å². The number of rotatable bonds is 6. The number of carbonyl (C=O) groups is 1. The highest BCUT2D eigenvalue weighted by molar-refractivity contribution is 5.97. The fourth-order valence-electron chi connectivity index (χ4n) is 2.92. The van der Waals surface area contributed by atoms with Crippen LogP contribution in [0.3, 0.4) is 0 Å². The number of nitrogens with one attached hydrogen (secondary N) is 1. The summed E-state index contributed by atoms with van der Waals surface area (Å²) in [5, 5.41) is 26.4. The van der Waals surface area contributed by atoms with E-state index in [0.717, 1.165) is 40.3 Å². The molecular weight excluding hydrogens is 378 g/mol. The van der Waals surface area contributed by atoms with Crippen molar-refractivity contribution in [1.29, 1.82) is 0 Å². The van der Waals surface area contributed by atoms with Crippen LogP contribution >= 0.6 is 0 Å². The van der Waals surface area contributed by atoms with Gasteiger partial charge in [-0.25, -0.2) is 0 Å². The molecule has 1 amide bonds. The molecule has 0 saturated heterocycles. The van der Waals surface area contributed by atoms with Crippen LogP contribution in [0.2, 0.25) is 0 Å². The number of amides is 1. The van der Waals surface area contributed by atoms with Crippen LogP contribution in [0.15, 0.2) is 54.6 Å². The van der Waals surface area contributed by atoms with Crippen LogP contribution in [-0.4, -0.2) is 22.9 Å². The van der Waals surface area contributed by atoms with E-state index in [-0.39, 0.29) is 5.69 Å². The first kappa shape index (κ1) is 19.7. The molecule has 0 radical (unpaired) electrons. The van der Waals surface area contributed by atoms with E-state index >= 15 is 0 Å². The fourth-order valence-corrected chi connectivity index (χ4v) is 2.92. The molecule has 3 aromatic carbocycles. The van der Waals surface area contributed by atoms with Crippen LogP contribution in [0, 0.1) is 20.2 Å². The van der Waals surface area contributed by atoms with E-state index in [4.69, 9.17) is 4.74 Å². The monoisotopic (exact) mass is 395 g/mol. The van der Waals surface area contributed by atoms with E-state index in [0.29, 0.717) is 0 Å². The molecule has 3 aromatic rings. The Bertz CT molecular complexity index is 1100. The third-order valence-corrected chi connectivity index (χ3v) is 4.56. The average molecular weight is 395 g/mol. The number of nitrogens with zero attached hydrogens (tertiary/aromatic N) is 2. The molecule has 0 fully saturated rings. The van der Waals surface area contributed by atoms with Gasteiger partial charge in [0, 0.05) is 12.1 Å². The molecule has 9 heteroatoms. The predicted octanol–water partition coefficient (Wildman–Crippen LogP) is 4.41. The van der Waals surface area contributed by atoms with Crippen molar-refractivity contribution in [2.45, 2.75) is 12.8 Å². The number of methoxy groups -OCH3 is 1. The number of anilines is 1. The SMILES string of the molecule is COc1ccc2cc([C@@H](C)C(=O)Nc3cc([N+](=O)[O-])cc([N+](=O)[O-])c3)ccc2c1. The van der Waals surface area contributed by atoms with Gasteiger partial charge in [-0.2, -0.15) is 0 Å². The van der Waals surface area contributed by atoms with E-state index in [9.17, 15) is 25.0 Å². The number of hydrogen-bond acceptors (Lipinski definition) is 6. The number of non-ortho nitro benzene ring substituents is 2. The number of carbonyl (C=O) groups excluding carboxylic acids is 1. The van der Waals surface area contributed by atoms with Gasteiger partial charge in [-0.05, 0) is 35.4 Å². The lowest BCUT2D eigenvalue weighted by atomic mass is 9.97. The normalized spacial score (nSPS) is 11.7. The van der Waals surface area contributed by atoms with Crippen LogP contribution in [0.25, 0.3) is 10.8 Å². The van der Waals surface area contributed by atoms with Gasteiger partial charge in [0.1, 0.15) is 5.75 Å². The van der Waals surface area contributed by atoms with Crippen molar-refractivity contribution in [3.8, 4) is 5.75 Å². The molecule has 0 aliphatic rings. The van der Waals surface area contributed by atoms with Gasteiger partial charge in [0.15, 0.2) is 0 Å². The average Bonchev–Trinajstić information content (AvgIpc) is 2.71. The Labute approximate surface area is 165 Å². The van der Waals surface area contributed by atoms with Crippen LogP contribution in [0.4, 0.5) is 17.1 Å². The molecule has 0 aliphatic carbocycles. The summed E-state index contributed by atoms with van der Waals surface area (Å²) < 4.78 is 5.20. The van der Waals surface area contributed by atoms with Crippen molar-refractivity contribution in [1.82, 2.24) is 0 Å². The Morgan fingerprint density at radius 1 is 0.931 bits per heavy atom. The fraction of sp³-hybridized carbons (Fsp3) is 0.150. The molecule has 0 bridgehead atoms. The molecule has 1 N–H and O–H groups in total. The van der Waals surface area contributed by atoms with E-state index in [1.54, 1.807) is 14.0 Å². The third-order valence-electron chi connectivity index (χ3n) is 4.56. The summed E-state index contributed by atoms with van der Waals surface area (Å²) in [7, 11) is 1.58. The highest BCUT2D eigenvalue weighted by atomic mass is 16.6. The van der Waals surface area contributed by atoms with E-state index in [2.05, 4.69) is 5.32 Å². The molecule has 0 unspecified atom stereocenters. The van der Waals surface area contributed by atoms with Crippen molar-refractivity contribution >= 4 is 33.7 Å². The Kier molecular flexibility index (Phi) is 5.40. The molecule has 0 spiro atoms. The smallest absolute Gasteiger partial charge is 0.278 e. The molecule has 0 heterocycles. The molecule has 29 heavy (non-hydrogen) atoms. The van der Waals surface area contributed by atoms with Crippen molar-refractivity contribution < 1.29 is 19.4 Å². The van der Waals surface area contributed by atoms with Gasteiger partial charge in [-0.3, -0.25) is 25.0 Å². The molecule has 148 valence electrons. The first-order valence-corrected chi connectivity index (χ1v) is 8.61. The van der Waals surface area contributed by atoms with E-state index in [1.165, 1.54) is 0 Å². The maximum absolute atomic E-state index is 12.6. The quantitative estimate of drug-likeness (QED) is 0.487. The van der Waals surface area contributed by atoms with Crippen molar-refractivity contribution in [2.24, 2.45) is 0 Å². The maximum Gasteiger partial charge on any atom is 0.278 e. The lowest BCUT2D eigenvalue weighted by Crippen LogP contribution is -2.19. The minimum Gasteiger partial charge on any atom is -0.497 e. The van der Waals surface area contributed by atoms with Gasteiger partial charge in [0.25, 0.3) is 11.4 Å². The predicted molar refractivity (Wildman–Crippen MR) is 107 cm³/mol. The van der Waals surface area contributed by atoms with Gasteiger partial charge in [0.05, 0.1) is 34.6 Å². The standard InChI is InChI=1S/C20H17N3O6/c1-12(13-3-4-15-8-19(29-2)6-5-14(15)7-13)20(24)21-16-9-17(22(25)26)11-18(10-16)23(27)28/h3-12H,1-2H3,(H,21,24)/t12-/m1/s1. The third kappa shape index (κ3) is 4.29. The van der Waals surface area contributed by atoms with Gasteiger partial charge >= 0.3 is 0 Å². The number of hydrogen-bond donors (Lipinski definition) is 1. The zero-order valence-corrected chi connectivity index (χ0v) is 15.6. The minimum atomic E-state index is -0.746. The van der Waals surface area contributed by atoms with Gasteiger partial charge in [-0.15, -0.1) is 0 Å². The zero-order chi connectivity index (χ0) is 21.1. The molecule has 0 aromatic heterocycles. The lowest BCUT2D eigenvalue weighted by molar-refractivity contribution is -0.394. The number of nitro benzene ring substituents is 2. The van der Waals surface area contributed by atoms with Gasteiger partial charge < -0.3 is 10.1 Å². The topological polar surface area (TPSA) is 125 Å². The molecule has 3 rings (SSSR count). The highest BCUT2D eigenvalue weighted by Crippen LogP contribution is 2.28. The van der Waals surface area contributed by atoms with Crippen LogP contribution < -0.4 is 10.1 Å². The largest absolute Gasteiger partial charge is 0.497 e. The lowest BCUT2D eigenvalue weighted by Gasteiger charge is -2.14. The number of ether oxygens (including phenoxy) is 1. The second-order valence-electron chi connectivity index (χ2n) is 6.44. The van der Waals surface area contributed by atoms with Crippen LogP contribution in [0.1, 0.15) is 18.4 Å². The van der Waals surface area contributed by atoms with Crippen molar-refractivity contribution in [3.63, 3.8) is 0 Å². The van der Waals surface area contributed by atoms with Crippen molar-refractivity contribution in [2.75, 3.05) is 12.4 Å². The summed E-state index contributed by atoms with van der Waals surface area (Å²) in [5.74, 6) is -0.296. The Morgan fingerprint density at radius 2 is 1.52 bits per heavy atom. The summed E-state index contributed by atoms with van der Waals surface area (Å²) in [6.45, 7) is 1.69. The summed E-state index contributed by atoms with van der Waals surface area (Å²) >= 11 is 0. The van der Waals surface area contributed by atoms with Gasteiger partial charge in [0.2, 0.25) is 5.91 Å². The Morgan fingerprint density at radius 3 is 2.10 bits per heavy atom. The molecule has 1 atom stereocenters. The number of nitro groups is 2. The Balaban J connectivity index is 1.86. The zero-order valence-electron chi connectivity index (χ0n) is 15.6. The summed E-state index contributed by atoms with van der Waals surface area (Å²) in [6, 6.07) is 14.1. The van der Waals surface area contributed by atoms with Crippen LogP contribution in [0.5, 0.6) is 5.75 Å². The molecule has 9 nitrogen and oxygen atoms in total. The van der Waals surface area contributed by atoms with Gasteiger partial charge in [-0.1, -0.05) is 24.3 Å². The second kappa shape index (κ2) is 7.93. The summed E-state index contributed by atoms with van der Waals surface area (Å²) in [4.78, 5) is 33.1. The molecule has 0 aliphatic heterocycles. The summed E-state index contributed by atoms with van der Waals surface area (Å²) in [5.41, 5.74) is -0.211. The first-order chi connectivity index (χ1) is 13.8. The van der Waals surface area contributed by atoms with Crippen molar-refractivity contribution in [3.05, 3.63) is 80.4 Å². The van der Waals surface area contributed by atoms with E-state index < -0.39 is 33.0 Å². The summed E-state index contributed by atoms with van der Waals surface area (Å²) in [6.07, 6.45) is 0. The highest BCUT2D eigenvalue weighted by Gasteiger charge is 2.20. The minimum absolute atomic E-state index is 0.00623. The Hall–Kier alpha value is -4.01. The second-order valence-corrected chi connectivity index (χ2v) is 6.44.